The molecule has 11 heteroatoms. The molecular weight excluding hydrogens is 489 g/mol. The normalized spacial score (nSPS) is 21.2. The number of nitrogens with one attached hydrogen (secondary N) is 1. The van der Waals surface area contributed by atoms with Gasteiger partial charge in [-0.3, -0.25) is 9.59 Å². The maximum atomic E-state index is 14.1. The summed E-state index contributed by atoms with van der Waals surface area (Å²) in [5.41, 5.74) is -1.21. The summed E-state index contributed by atoms with van der Waals surface area (Å²) < 4.78 is 54.0. The molecule has 2 aromatic heterocycles. The molecule has 37 heavy (non-hydrogen) atoms. The lowest BCUT2D eigenvalue weighted by Crippen LogP contribution is -2.48. The lowest BCUT2D eigenvalue weighted by atomic mass is 9.96. The number of H-pyrrole nitrogens is 1. The highest BCUT2D eigenvalue weighted by molar-refractivity contribution is 5.94. The number of aromatic amines is 1. The number of fused-ring (bicyclic) bond motifs is 1. The Morgan fingerprint density at radius 2 is 1.89 bits per heavy atom. The van der Waals surface area contributed by atoms with Crippen LogP contribution in [-0.4, -0.2) is 51.1 Å². The van der Waals surface area contributed by atoms with Gasteiger partial charge < -0.3 is 19.4 Å². The van der Waals surface area contributed by atoms with Gasteiger partial charge in [-0.25, -0.2) is 9.97 Å². The van der Waals surface area contributed by atoms with Gasteiger partial charge in [-0.05, 0) is 51.8 Å². The Labute approximate surface area is 210 Å². The quantitative estimate of drug-likeness (QED) is 0.539. The van der Waals surface area contributed by atoms with E-state index in [0.29, 0.717) is 31.5 Å². The Bertz CT molecular complexity index is 1380. The van der Waals surface area contributed by atoms with Gasteiger partial charge in [-0.2, -0.15) is 13.2 Å². The van der Waals surface area contributed by atoms with Gasteiger partial charge >= 0.3 is 6.18 Å². The van der Waals surface area contributed by atoms with Crippen LogP contribution in [0.4, 0.5) is 13.2 Å². The number of carbonyl (C=O) groups excluding carboxylic acids is 1. The number of carbonyl (C=O) groups is 1. The van der Waals surface area contributed by atoms with Crippen molar-refractivity contribution >= 4 is 16.8 Å². The van der Waals surface area contributed by atoms with Crippen molar-refractivity contribution in [2.75, 3.05) is 13.1 Å². The predicted octanol–water partition coefficient (Wildman–Crippen LogP) is 4.42. The number of amides is 1. The molecule has 1 saturated heterocycles. The number of hydrogen-bond acceptors (Lipinski definition) is 6. The lowest BCUT2D eigenvalue weighted by molar-refractivity contribution is -0.139. The van der Waals surface area contributed by atoms with Crippen LogP contribution in [0.3, 0.4) is 0 Å². The fourth-order valence-electron chi connectivity index (χ4n) is 4.85. The average Bonchev–Trinajstić information content (AvgIpc) is 3.66. The van der Waals surface area contributed by atoms with Crippen LogP contribution in [0, 0.1) is 12.8 Å². The van der Waals surface area contributed by atoms with Crippen LogP contribution >= 0.6 is 0 Å². The van der Waals surface area contributed by atoms with Crippen molar-refractivity contribution in [2.24, 2.45) is 5.92 Å². The van der Waals surface area contributed by atoms with Gasteiger partial charge in [-0.1, -0.05) is 0 Å². The van der Waals surface area contributed by atoms with Crippen LogP contribution in [0.1, 0.15) is 60.1 Å². The topological polar surface area (TPSA) is 97.4 Å². The minimum Gasteiger partial charge on any atom is -0.469 e. The average molecular weight is 517 g/mol. The Morgan fingerprint density at radius 3 is 2.49 bits per heavy atom. The summed E-state index contributed by atoms with van der Waals surface area (Å²) in [6, 6.07) is 5.18. The molecule has 0 spiro atoms. The first-order valence-corrected chi connectivity index (χ1v) is 12.2. The number of nitrogens with zero attached hydrogens (tertiary/aromatic N) is 3. The molecule has 196 valence electrons. The Morgan fingerprint density at radius 1 is 1.19 bits per heavy atom. The number of halogens is 3. The van der Waals surface area contributed by atoms with Gasteiger partial charge in [0.15, 0.2) is 0 Å². The van der Waals surface area contributed by atoms with Gasteiger partial charge in [-0.15, -0.1) is 0 Å². The minimum absolute atomic E-state index is 0.0281. The van der Waals surface area contributed by atoms with Gasteiger partial charge in [0.2, 0.25) is 5.88 Å². The molecule has 0 radical (unpaired) electrons. The van der Waals surface area contributed by atoms with Gasteiger partial charge in [0.25, 0.3) is 11.5 Å². The highest BCUT2D eigenvalue weighted by Crippen LogP contribution is 2.47. The Kier molecular flexibility index (Phi) is 6.43. The zero-order valence-corrected chi connectivity index (χ0v) is 20.6. The van der Waals surface area contributed by atoms with Crippen molar-refractivity contribution in [3.63, 3.8) is 0 Å². The molecule has 2 aliphatic rings. The summed E-state index contributed by atoms with van der Waals surface area (Å²) in [7, 11) is 0. The van der Waals surface area contributed by atoms with Crippen LogP contribution in [0.2, 0.25) is 0 Å². The maximum Gasteiger partial charge on any atom is 0.416 e. The van der Waals surface area contributed by atoms with Crippen LogP contribution in [0.25, 0.3) is 10.9 Å². The second-order valence-electron chi connectivity index (χ2n) is 9.83. The van der Waals surface area contributed by atoms with Crippen LogP contribution in [-0.2, 0) is 10.9 Å². The van der Waals surface area contributed by atoms with Crippen molar-refractivity contribution in [3.05, 3.63) is 63.3 Å². The molecule has 3 aromatic rings. The molecule has 0 bridgehead atoms. The van der Waals surface area contributed by atoms with E-state index < -0.39 is 23.4 Å². The molecule has 3 atom stereocenters. The van der Waals surface area contributed by atoms with Crippen molar-refractivity contribution in [2.45, 2.75) is 58.1 Å². The number of morpholine rings is 1. The zero-order chi connectivity index (χ0) is 26.5. The van der Waals surface area contributed by atoms with E-state index in [1.54, 1.807) is 11.0 Å². The van der Waals surface area contributed by atoms with Crippen LogP contribution in [0.5, 0.6) is 5.88 Å². The largest absolute Gasteiger partial charge is 0.469 e. The highest BCUT2D eigenvalue weighted by Gasteiger charge is 2.42. The fourth-order valence-corrected chi connectivity index (χ4v) is 4.85. The number of aryl methyl sites for hydroxylation is 1. The first-order chi connectivity index (χ1) is 17.5. The molecule has 8 nitrogen and oxygen atoms in total. The third-order valence-electron chi connectivity index (χ3n) is 6.59. The molecule has 1 N–H and O–H groups in total. The highest BCUT2D eigenvalue weighted by atomic mass is 19.4. The third kappa shape index (κ3) is 5.31. The molecule has 1 saturated carbocycles. The van der Waals surface area contributed by atoms with E-state index >= 15 is 0 Å². The number of alkyl halides is 3. The number of benzene rings is 1. The summed E-state index contributed by atoms with van der Waals surface area (Å²) in [5.74, 6) is -0.0271. The summed E-state index contributed by atoms with van der Waals surface area (Å²) in [5, 5.41) is 0.0609. The van der Waals surface area contributed by atoms with E-state index in [2.05, 4.69) is 15.0 Å². The van der Waals surface area contributed by atoms with Gasteiger partial charge in [0, 0.05) is 36.8 Å². The van der Waals surface area contributed by atoms with Gasteiger partial charge in [0.1, 0.15) is 11.9 Å². The summed E-state index contributed by atoms with van der Waals surface area (Å²) in [4.78, 5) is 37.9. The fraction of sp³-hybridized carbons (Fsp3) is 0.462. The number of aromatic nitrogens is 3. The molecular formula is C26H27F3N4O4. The Hall–Kier alpha value is -3.47. The van der Waals surface area contributed by atoms with E-state index in [4.69, 9.17) is 9.47 Å². The predicted molar refractivity (Wildman–Crippen MR) is 128 cm³/mol. The number of pyridine rings is 1. The molecule has 1 aliphatic heterocycles. The monoisotopic (exact) mass is 516 g/mol. The second kappa shape index (κ2) is 9.44. The summed E-state index contributed by atoms with van der Waals surface area (Å²) in [6.45, 7) is 6.23. The first kappa shape index (κ1) is 25.2. The maximum absolute atomic E-state index is 14.1. The standard InChI is InChI=1S/C26H27F3N4O4/c1-13-11-33(12-14(2)36-13)25(35)17-6-7-22(30-10-17)37-23(16-4-5-16)18-8-19-21(9-20(18)26(27,28)29)31-15(3)32-24(19)34/h6-10,13-14,16,23H,4-5,11-12H2,1-3H3,(H,31,32,34)/t13-,14+,23?. The van der Waals surface area contributed by atoms with Gasteiger partial charge in [0.05, 0.1) is 34.2 Å². The minimum atomic E-state index is -4.67. The van der Waals surface area contributed by atoms with E-state index in [0.717, 1.165) is 6.07 Å². The van der Waals surface area contributed by atoms with E-state index in [1.807, 2.05) is 13.8 Å². The SMILES string of the molecule is Cc1nc2cc(C(F)(F)F)c(C(Oc3ccc(C(=O)N4C[C@@H](C)O[C@@H](C)C4)cn3)C3CC3)cc2c(=O)[nH]1. The zero-order valence-electron chi connectivity index (χ0n) is 20.6. The smallest absolute Gasteiger partial charge is 0.416 e. The summed E-state index contributed by atoms with van der Waals surface area (Å²) >= 11 is 0. The lowest BCUT2D eigenvalue weighted by Gasteiger charge is -2.35. The van der Waals surface area contributed by atoms with E-state index in [1.165, 1.54) is 25.3 Å². The van der Waals surface area contributed by atoms with Crippen molar-refractivity contribution < 1.29 is 27.4 Å². The van der Waals surface area contributed by atoms with Crippen molar-refractivity contribution in [1.82, 2.24) is 19.9 Å². The second-order valence-corrected chi connectivity index (χ2v) is 9.83. The number of rotatable bonds is 5. The van der Waals surface area contributed by atoms with Crippen molar-refractivity contribution in [3.8, 4) is 5.88 Å². The molecule has 1 unspecified atom stereocenters. The molecule has 1 amide bonds. The number of ether oxygens (including phenoxy) is 2. The van der Waals surface area contributed by atoms with Crippen LogP contribution in [0.15, 0.2) is 35.3 Å². The number of hydrogen-bond donors (Lipinski definition) is 1. The summed E-state index contributed by atoms with van der Waals surface area (Å²) in [6.07, 6.45) is -3.06. The molecule has 2 fully saturated rings. The molecule has 1 aromatic carbocycles. The van der Waals surface area contributed by atoms with E-state index in [-0.39, 0.29) is 52.2 Å². The molecule has 1 aliphatic carbocycles. The first-order valence-electron chi connectivity index (χ1n) is 12.2. The molecule has 5 rings (SSSR count). The van der Waals surface area contributed by atoms with Crippen molar-refractivity contribution in [1.29, 1.82) is 0 Å². The molecule has 3 heterocycles. The van der Waals surface area contributed by atoms with E-state index in [9.17, 15) is 22.8 Å². The third-order valence-corrected chi connectivity index (χ3v) is 6.59. The van der Waals surface area contributed by atoms with Crippen LogP contribution < -0.4 is 10.3 Å². The Balaban J connectivity index is 1.45.